The van der Waals surface area contributed by atoms with E-state index in [1.165, 1.54) is 24.4 Å². The molecule has 34 heavy (non-hydrogen) atoms. The molecule has 2 aromatic heterocycles. The van der Waals surface area contributed by atoms with Gasteiger partial charge in [0.2, 0.25) is 0 Å². The van der Waals surface area contributed by atoms with Crippen molar-refractivity contribution >= 4 is 34.7 Å². The molecule has 0 radical (unpaired) electrons. The quantitative estimate of drug-likeness (QED) is 0.436. The molecule has 0 atom stereocenters. The number of nitrogens with zero attached hydrogens (tertiary/aromatic N) is 4. The molecular weight excluding hydrogens is 478 g/mol. The summed E-state index contributed by atoms with van der Waals surface area (Å²) in [5.74, 6) is 0.301. The summed E-state index contributed by atoms with van der Waals surface area (Å²) >= 11 is 6.42. The van der Waals surface area contributed by atoms with Crippen molar-refractivity contribution in [1.82, 2.24) is 14.8 Å². The molecule has 1 aliphatic heterocycles. The molecule has 5 rings (SSSR count). The molecule has 1 amide bonds. The number of benzene rings is 2. The van der Waals surface area contributed by atoms with Crippen LogP contribution in [-0.4, -0.2) is 20.7 Å². The molecule has 0 saturated heterocycles. The molecule has 0 fully saturated rings. The van der Waals surface area contributed by atoms with Crippen LogP contribution < -0.4 is 39.8 Å². The number of alkyl halides is 3. The molecular formula is C23H16ClF3N5NaO. The zero-order valence-electron chi connectivity index (χ0n) is 18.8. The number of hydrogen-bond donors (Lipinski definition) is 1. The van der Waals surface area contributed by atoms with Gasteiger partial charge in [0.25, 0.3) is 5.91 Å². The summed E-state index contributed by atoms with van der Waals surface area (Å²) in [4.78, 5) is 19.5. The van der Waals surface area contributed by atoms with Gasteiger partial charge in [0.1, 0.15) is 5.82 Å². The number of anilines is 3. The molecule has 1 aliphatic rings. The van der Waals surface area contributed by atoms with Crippen LogP contribution in [0, 0.1) is 0 Å². The maximum Gasteiger partial charge on any atom is 1.00 e. The Bertz CT molecular complexity index is 1380. The Morgan fingerprint density at radius 3 is 2.62 bits per heavy atom. The number of rotatable bonds is 2. The smallest absolute Gasteiger partial charge is 1.00 e. The normalized spacial score (nSPS) is 12.6. The third-order valence-corrected chi connectivity index (χ3v) is 5.55. The molecule has 0 aliphatic carbocycles. The van der Waals surface area contributed by atoms with Crippen LogP contribution in [0.3, 0.4) is 0 Å². The van der Waals surface area contributed by atoms with Crippen LogP contribution in [0.1, 0.15) is 23.0 Å². The first-order valence-electron chi connectivity index (χ1n) is 9.86. The van der Waals surface area contributed by atoms with Crippen molar-refractivity contribution < 1.29 is 48.9 Å². The second kappa shape index (κ2) is 9.42. The number of amides is 1. The second-order valence-electron chi connectivity index (χ2n) is 7.35. The molecule has 0 saturated carbocycles. The molecule has 6 nitrogen and oxygen atoms in total. The predicted octanol–water partition coefficient (Wildman–Crippen LogP) is 2.96. The molecule has 3 heterocycles. The number of para-hydroxylation sites is 2. The number of nitrogens with one attached hydrogen (secondary N) is 1. The first-order valence-corrected chi connectivity index (χ1v) is 10.2. The van der Waals surface area contributed by atoms with E-state index in [0.29, 0.717) is 22.9 Å². The van der Waals surface area contributed by atoms with Gasteiger partial charge in [-0.15, -0.1) is 0 Å². The maximum absolute atomic E-state index is 13.6. The Morgan fingerprint density at radius 2 is 1.88 bits per heavy atom. The summed E-state index contributed by atoms with van der Waals surface area (Å²) in [6, 6.07) is 16.3. The molecule has 2 aromatic carbocycles. The average molecular weight is 494 g/mol. The largest absolute Gasteiger partial charge is 1.00 e. The standard InChI is InChI=1S/C23H15ClF3N5O.Na.H/c24-17-12-15(32-11-9-20(30-32)23(25,26)27)7-8-16(17)22(33)31-13-14-4-3-10-28-21(14)29-18-5-1-2-6-19(18)31;;/h1-12H,13H2,(H,28,29);;/q;+1;-1. The number of carbonyl (C=O) groups excluding carboxylic acids is 1. The molecule has 11 heteroatoms. The third-order valence-electron chi connectivity index (χ3n) is 5.24. The monoisotopic (exact) mass is 493 g/mol. The van der Waals surface area contributed by atoms with Crippen LogP contribution in [0.15, 0.2) is 73.1 Å². The first kappa shape index (κ1) is 24.3. The van der Waals surface area contributed by atoms with Crippen molar-refractivity contribution in [2.75, 3.05) is 10.2 Å². The topological polar surface area (TPSA) is 63.1 Å². The summed E-state index contributed by atoms with van der Waals surface area (Å²) in [5.41, 5.74) is 1.70. The Balaban J connectivity index is 0.00000171. The molecule has 168 valence electrons. The van der Waals surface area contributed by atoms with Crippen LogP contribution in [0.4, 0.5) is 30.4 Å². The molecule has 0 spiro atoms. The van der Waals surface area contributed by atoms with Crippen molar-refractivity contribution in [1.29, 1.82) is 0 Å². The van der Waals surface area contributed by atoms with Gasteiger partial charge in [-0.1, -0.05) is 29.8 Å². The second-order valence-corrected chi connectivity index (χ2v) is 7.76. The van der Waals surface area contributed by atoms with Crippen molar-refractivity contribution in [3.8, 4) is 5.69 Å². The SMILES string of the molecule is O=C(c1ccc(-n2ccc(C(F)(F)F)n2)cc1Cl)N1Cc2cccnc2Nc2ccccc21.[H-].[Na+]. The Labute approximate surface area is 221 Å². The minimum absolute atomic E-state index is 0. The van der Waals surface area contributed by atoms with Crippen LogP contribution >= 0.6 is 11.6 Å². The number of hydrogen-bond acceptors (Lipinski definition) is 4. The Hall–Kier alpha value is -2.85. The van der Waals surface area contributed by atoms with Gasteiger partial charge in [-0.25, -0.2) is 9.67 Å². The molecule has 0 bridgehead atoms. The first-order chi connectivity index (χ1) is 15.8. The van der Waals surface area contributed by atoms with Gasteiger partial charge >= 0.3 is 35.7 Å². The zero-order chi connectivity index (χ0) is 23.2. The van der Waals surface area contributed by atoms with E-state index < -0.39 is 11.9 Å². The summed E-state index contributed by atoms with van der Waals surface area (Å²) in [7, 11) is 0. The summed E-state index contributed by atoms with van der Waals surface area (Å²) in [5, 5.41) is 6.90. The fourth-order valence-corrected chi connectivity index (χ4v) is 3.90. The van der Waals surface area contributed by atoms with Crippen LogP contribution in [0.5, 0.6) is 0 Å². The minimum atomic E-state index is -4.55. The van der Waals surface area contributed by atoms with Crippen molar-refractivity contribution in [3.63, 3.8) is 0 Å². The molecule has 0 unspecified atom stereocenters. The molecule has 4 aromatic rings. The number of carbonyl (C=O) groups is 1. The summed E-state index contributed by atoms with van der Waals surface area (Å²) in [6.45, 7) is 0.262. The van der Waals surface area contributed by atoms with Crippen molar-refractivity contribution in [2.45, 2.75) is 12.7 Å². The number of aromatic nitrogens is 3. The van der Waals surface area contributed by atoms with Crippen molar-refractivity contribution in [2.24, 2.45) is 0 Å². The van der Waals surface area contributed by atoms with Gasteiger partial charge in [-0.2, -0.15) is 18.3 Å². The number of halogens is 4. The van der Waals surface area contributed by atoms with Gasteiger partial charge < -0.3 is 11.6 Å². The van der Waals surface area contributed by atoms with Gasteiger partial charge in [0.15, 0.2) is 5.69 Å². The fraction of sp³-hybridized carbons (Fsp3) is 0.0870. The van der Waals surface area contributed by atoms with E-state index in [4.69, 9.17) is 11.6 Å². The molecule has 1 N–H and O–H groups in total. The number of fused-ring (bicyclic) bond motifs is 2. The average Bonchev–Trinajstić information content (AvgIpc) is 3.23. The van der Waals surface area contributed by atoms with Crippen molar-refractivity contribution in [3.05, 3.63) is 94.9 Å². The van der Waals surface area contributed by atoms with Crippen LogP contribution in [0.25, 0.3) is 5.69 Å². The van der Waals surface area contributed by atoms with E-state index >= 15 is 0 Å². The van der Waals surface area contributed by atoms with Gasteiger partial charge in [0.05, 0.1) is 34.2 Å². The van der Waals surface area contributed by atoms with Gasteiger partial charge in [0, 0.05) is 18.0 Å². The van der Waals surface area contributed by atoms with E-state index in [0.717, 1.165) is 16.3 Å². The van der Waals surface area contributed by atoms with E-state index in [2.05, 4.69) is 15.4 Å². The van der Waals surface area contributed by atoms with E-state index in [1.54, 1.807) is 17.2 Å². The van der Waals surface area contributed by atoms with E-state index in [9.17, 15) is 18.0 Å². The maximum atomic E-state index is 13.6. The van der Waals surface area contributed by atoms with E-state index in [1.807, 2.05) is 30.3 Å². The Morgan fingerprint density at radius 1 is 1.09 bits per heavy atom. The fourth-order valence-electron chi connectivity index (χ4n) is 3.64. The number of pyridine rings is 1. The van der Waals surface area contributed by atoms with Crippen LogP contribution in [-0.2, 0) is 12.7 Å². The minimum Gasteiger partial charge on any atom is -1.00 e. The van der Waals surface area contributed by atoms with Crippen LogP contribution in [0.2, 0.25) is 5.02 Å². The summed E-state index contributed by atoms with van der Waals surface area (Å²) in [6.07, 6.45) is -1.69. The van der Waals surface area contributed by atoms with Gasteiger partial charge in [-0.05, 0) is 42.5 Å². The predicted molar refractivity (Wildman–Crippen MR) is 119 cm³/mol. The Kier molecular flexibility index (Phi) is 6.73. The van der Waals surface area contributed by atoms with Gasteiger partial charge in [-0.3, -0.25) is 4.79 Å². The van der Waals surface area contributed by atoms with E-state index in [-0.39, 0.29) is 54.0 Å². The zero-order valence-corrected chi connectivity index (χ0v) is 20.6. The summed E-state index contributed by atoms with van der Waals surface area (Å²) < 4.78 is 39.7. The third kappa shape index (κ3) is 4.56.